The van der Waals surface area contributed by atoms with Crippen molar-refractivity contribution in [3.63, 3.8) is 0 Å². The van der Waals surface area contributed by atoms with Gasteiger partial charge in [0.2, 0.25) is 0 Å². The molecule has 18 heavy (non-hydrogen) atoms. The summed E-state index contributed by atoms with van der Waals surface area (Å²) in [6.07, 6.45) is 4.34. The number of rotatable bonds is 10. The van der Waals surface area contributed by atoms with Gasteiger partial charge in [-0.15, -0.1) is 0 Å². The topological polar surface area (TPSA) is 45.0 Å². The van der Waals surface area contributed by atoms with Crippen molar-refractivity contribution in [2.24, 2.45) is 5.92 Å². The summed E-state index contributed by atoms with van der Waals surface area (Å²) >= 11 is 0. The van der Waals surface area contributed by atoms with Crippen LogP contribution in [0.15, 0.2) is 0 Å². The van der Waals surface area contributed by atoms with Crippen LogP contribution in [0, 0.1) is 17.2 Å². The van der Waals surface area contributed by atoms with Crippen molar-refractivity contribution in [2.45, 2.75) is 71.9 Å². The molecule has 106 valence electrons. The second kappa shape index (κ2) is 9.35. The quantitative estimate of drug-likeness (QED) is 0.607. The summed E-state index contributed by atoms with van der Waals surface area (Å²) in [7, 11) is 0. The first-order chi connectivity index (χ1) is 8.45. The average Bonchev–Trinajstić information content (AvgIpc) is 2.35. The summed E-state index contributed by atoms with van der Waals surface area (Å²) in [4.78, 5) is 0. The third kappa shape index (κ3) is 7.68. The van der Waals surface area contributed by atoms with Crippen molar-refractivity contribution in [3.8, 4) is 6.07 Å². The smallest absolute Gasteiger partial charge is 0.103 e. The van der Waals surface area contributed by atoms with Gasteiger partial charge in [-0.2, -0.15) is 5.26 Å². The lowest BCUT2D eigenvalue weighted by atomic mass is 9.96. The largest absolute Gasteiger partial charge is 0.378 e. The highest BCUT2D eigenvalue weighted by Crippen LogP contribution is 2.14. The van der Waals surface area contributed by atoms with Crippen molar-refractivity contribution in [2.75, 3.05) is 13.2 Å². The van der Waals surface area contributed by atoms with Crippen LogP contribution in [0.5, 0.6) is 0 Å². The first-order valence-corrected chi connectivity index (χ1v) is 7.23. The third-order valence-electron chi connectivity index (χ3n) is 3.40. The van der Waals surface area contributed by atoms with Gasteiger partial charge in [0.25, 0.3) is 0 Å². The molecule has 0 aromatic rings. The van der Waals surface area contributed by atoms with Gasteiger partial charge in [-0.05, 0) is 52.0 Å². The molecule has 1 N–H and O–H groups in total. The lowest BCUT2D eigenvalue weighted by molar-refractivity contribution is 0.0327. The van der Waals surface area contributed by atoms with Gasteiger partial charge in [0.15, 0.2) is 0 Å². The van der Waals surface area contributed by atoms with E-state index in [9.17, 15) is 5.26 Å². The normalized spacial score (nSPS) is 16.3. The Bertz CT molecular complexity index is 247. The zero-order chi connectivity index (χ0) is 14.0. The van der Waals surface area contributed by atoms with E-state index in [4.69, 9.17) is 4.74 Å². The van der Waals surface area contributed by atoms with Crippen LogP contribution < -0.4 is 5.32 Å². The average molecular weight is 254 g/mol. The minimum Gasteiger partial charge on any atom is -0.378 e. The minimum absolute atomic E-state index is 0.325. The van der Waals surface area contributed by atoms with Crippen LogP contribution >= 0.6 is 0 Å². The molecule has 0 heterocycles. The number of hydrogen-bond acceptors (Lipinski definition) is 3. The Morgan fingerprint density at radius 1 is 1.28 bits per heavy atom. The fourth-order valence-corrected chi connectivity index (χ4v) is 1.63. The van der Waals surface area contributed by atoms with E-state index in [0.29, 0.717) is 12.0 Å². The molecular formula is C15H30N2O. The predicted molar refractivity (Wildman–Crippen MR) is 76.4 cm³/mol. The van der Waals surface area contributed by atoms with Crippen LogP contribution in [0.4, 0.5) is 0 Å². The molecule has 0 aromatic carbocycles. The van der Waals surface area contributed by atoms with Gasteiger partial charge in [0.1, 0.15) is 5.54 Å². The van der Waals surface area contributed by atoms with Gasteiger partial charge in [-0.1, -0.05) is 20.8 Å². The second-order valence-corrected chi connectivity index (χ2v) is 5.65. The summed E-state index contributed by atoms with van der Waals surface area (Å²) in [5, 5.41) is 12.5. The van der Waals surface area contributed by atoms with Gasteiger partial charge in [0, 0.05) is 6.61 Å². The first kappa shape index (κ1) is 17.4. The molecule has 2 unspecified atom stereocenters. The Morgan fingerprint density at radius 2 is 1.94 bits per heavy atom. The zero-order valence-electron chi connectivity index (χ0n) is 12.8. The van der Waals surface area contributed by atoms with Crippen molar-refractivity contribution < 1.29 is 4.74 Å². The maximum Gasteiger partial charge on any atom is 0.103 e. The first-order valence-electron chi connectivity index (χ1n) is 7.23. The molecule has 3 nitrogen and oxygen atoms in total. The summed E-state index contributed by atoms with van der Waals surface area (Å²) in [6.45, 7) is 12.3. The van der Waals surface area contributed by atoms with Crippen molar-refractivity contribution in [1.29, 1.82) is 5.26 Å². The zero-order valence-corrected chi connectivity index (χ0v) is 12.8. The number of hydrogen-bond donors (Lipinski definition) is 1. The predicted octanol–water partition coefficient (Wildman–Crippen LogP) is 3.50. The van der Waals surface area contributed by atoms with E-state index >= 15 is 0 Å². The summed E-state index contributed by atoms with van der Waals surface area (Å²) in [6, 6.07) is 2.38. The summed E-state index contributed by atoms with van der Waals surface area (Å²) < 4.78 is 5.73. The number of nitriles is 1. The van der Waals surface area contributed by atoms with Crippen LogP contribution in [0.1, 0.15) is 60.3 Å². The number of unbranched alkanes of at least 4 members (excludes halogenated alkanes) is 1. The molecule has 0 fully saturated rings. The number of nitrogens with zero attached hydrogens (tertiary/aromatic N) is 1. The molecule has 0 amide bonds. The molecule has 0 saturated carbocycles. The standard InChI is InChI=1S/C15H30N2O/c1-6-10-17-15(5,12-16)9-7-8-11-18-14(4)13(2)3/h13-14,17H,6-11H2,1-5H3. The molecule has 0 bridgehead atoms. The minimum atomic E-state index is -0.375. The van der Waals surface area contributed by atoms with Gasteiger partial charge in [-0.25, -0.2) is 0 Å². The van der Waals surface area contributed by atoms with E-state index < -0.39 is 0 Å². The fraction of sp³-hybridized carbons (Fsp3) is 0.933. The van der Waals surface area contributed by atoms with Crippen LogP contribution in [-0.2, 0) is 4.74 Å². The van der Waals surface area contributed by atoms with E-state index in [-0.39, 0.29) is 5.54 Å². The van der Waals surface area contributed by atoms with Crippen molar-refractivity contribution >= 4 is 0 Å². The highest BCUT2D eigenvalue weighted by atomic mass is 16.5. The lowest BCUT2D eigenvalue weighted by Gasteiger charge is -2.23. The maximum absolute atomic E-state index is 9.19. The van der Waals surface area contributed by atoms with Crippen LogP contribution in [-0.4, -0.2) is 24.8 Å². The summed E-state index contributed by atoms with van der Waals surface area (Å²) in [5.74, 6) is 0.570. The fourth-order valence-electron chi connectivity index (χ4n) is 1.63. The Morgan fingerprint density at radius 3 is 2.44 bits per heavy atom. The van der Waals surface area contributed by atoms with E-state index in [1.165, 1.54) is 0 Å². The molecule has 3 heteroatoms. The molecule has 0 spiro atoms. The van der Waals surface area contributed by atoms with Crippen LogP contribution in [0.3, 0.4) is 0 Å². The van der Waals surface area contributed by atoms with Gasteiger partial charge >= 0.3 is 0 Å². The van der Waals surface area contributed by atoms with E-state index in [2.05, 4.69) is 39.1 Å². The van der Waals surface area contributed by atoms with E-state index in [0.717, 1.165) is 38.8 Å². The molecule has 2 atom stereocenters. The monoisotopic (exact) mass is 254 g/mol. The van der Waals surface area contributed by atoms with E-state index in [1.54, 1.807) is 0 Å². The highest BCUT2D eigenvalue weighted by Gasteiger charge is 2.21. The Labute approximate surface area is 113 Å². The lowest BCUT2D eigenvalue weighted by Crippen LogP contribution is -2.41. The van der Waals surface area contributed by atoms with Crippen LogP contribution in [0.25, 0.3) is 0 Å². The molecule has 0 aliphatic carbocycles. The van der Waals surface area contributed by atoms with E-state index in [1.807, 2.05) is 6.92 Å². The molecule has 0 aliphatic heterocycles. The van der Waals surface area contributed by atoms with Crippen LogP contribution in [0.2, 0.25) is 0 Å². The Balaban J connectivity index is 3.72. The summed E-state index contributed by atoms with van der Waals surface area (Å²) in [5.41, 5.74) is -0.375. The Kier molecular flexibility index (Phi) is 9.05. The number of ether oxygens (including phenoxy) is 1. The second-order valence-electron chi connectivity index (χ2n) is 5.65. The van der Waals surface area contributed by atoms with Gasteiger partial charge < -0.3 is 4.74 Å². The van der Waals surface area contributed by atoms with Gasteiger partial charge in [-0.3, -0.25) is 5.32 Å². The maximum atomic E-state index is 9.19. The molecule has 0 aliphatic rings. The molecule has 0 aromatic heterocycles. The van der Waals surface area contributed by atoms with Gasteiger partial charge in [0.05, 0.1) is 12.2 Å². The Hall–Kier alpha value is -0.590. The highest BCUT2D eigenvalue weighted by molar-refractivity contribution is 5.03. The molecule has 0 rings (SSSR count). The SMILES string of the molecule is CCCNC(C)(C#N)CCCCOC(C)C(C)C. The van der Waals surface area contributed by atoms with Crippen molar-refractivity contribution in [3.05, 3.63) is 0 Å². The molecule has 0 saturated heterocycles. The third-order valence-corrected chi connectivity index (χ3v) is 3.40. The number of nitrogens with one attached hydrogen (secondary N) is 1. The molecule has 0 radical (unpaired) electrons. The molecular weight excluding hydrogens is 224 g/mol. The van der Waals surface area contributed by atoms with Crippen molar-refractivity contribution in [1.82, 2.24) is 5.32 Å².